The van der Waals surface area contributed by atoms with Crippen LogP contribution in [0.2, 0.25) is 0 Å². The van der Waals surface area contributed by atoms with E-state index in [1.165, 1.54) is 4.90 Å². The second kappa shape index (κ2) is 5.04. The molecule has 1 aromatic carbocycles. The molecule has 0 saturated heterocycles. The van der Waals surface area contributed by atoms with Crippen LogP contribution in [-0.4, -0.2) is 31.2 Å². The third-order valence-electron chi connectivity index (χ3n) is 3.42. The van der Waals surface area contributed by atoms with Crippen LogP contribution in [0.5, 0.6) is 0 Å². The quantitative estimate of drug-likeness (QED) is 0.861. The predicted octanol–water partition coefficient (Wildman–Crippen LogP) is 1.34. The van der Waals surface area contributed by atoms with Crippen LogP contribution in [-0.2, 0) is 15.1 Å². The van der Waals surface area contributed by atoms with E-state index in [1.54, 1.807) is 33.9 Å². The number of benzene rings is 1. The fourth-order valence-corrected chi connectivity index (χ4v) is 2.48. The van der Waals surface area contributed by atoms with Gasteiger partial charge in [-0.25, -0.2) is 4.79 Å². The second-order valence-electron chi connectivity index (χ2n) is 6.12. The largest absolute Gasteiger partial charge is 0.444 e. The Bertz CT molecular complexity index is 580. The van der Waals surface area contributed by atoms with Gasteiger partial charge in [0, 0.05) is 24.8 Å². The van der Waals surface area contributed by atoms with Gasteiger partial charge in [0.05, 0.1) is 0 Å². The molecule has 0 unspecified atom stereocenters. The van der Waals surface area contributed by atoms with Crippen molar-refractivity contribution in [2.45, 2.75) is 31.9 Å². The van der Waals surface area contributed by atoms with Gasteiger partial charge in [-0.05, 0) is 26.8 Å². The molecule has 0 bridgehead atoms. The van der Waals surface area contributed by atoms with Crippen LogP contribution in [0.15, 0.2) is 24.3 Å². The molecule has 6 nitrogen and oxygen atoms in total. The van der Waals surface area contributed by atoms with Gasteiger partial charge in [0.25, 0.3) is 5.91 Å². The van der Waals surface area contributed by atoms with Crippen LogP contribution in [0.3, 0.4) is 0 Å². The number of rotatable bonds is 2. The Balaban J connectivity index is 2.38. The molecular weight excluding hydrogens is 270 g/mol. The molecule has 0 saturated carbocycles. The lowest BCUT2D eigenvalue weighted by molar-refractivity contribution is -0.123. The van der Waals surface area contributed by atoms with Crippen LogP contribution in [0, 0.1) is 0 Å². The Kier molecular flexibility index (Phi) is 3.67. The number of likely N-dealkylation sites (N-methyl/N-ethyl adjacent to an activating group) is 1. The molecule has 1 aromatic rings. The number of carbonyl (C=O) groups is 2. The van der Waals surface area contributed by atoms with E-state index < -0.39 is 17.2 Å². The van der Waals surface area contributed by atoms with Gasteiger partial charge < -0.3 is 20.7 Å². The summed E-state index contributed by atoms with van der Waals surface area (Å²) >= 11 is 0. The predicted molar refractivity (Wildman–Crippen MR) is 80.0 cm³/mol. The number of ether oxygens (including phenoxy) is 1. The van der Waals surface area contributed by atoms with E-state index in [9.17, 15) is 9.59 Å². The summed E-state index contributed by atoms with van der Waals surface area (Å²) in [6.07, 6.45) is -0.661. The highest BCUT2D eigenvalue weighted by molar-refractivity contribution is 6.09. The number of alkyl carbamates (subject to hydrolysis) is 1. The molecule has 114 valence electrons. The highest BCUT2D eigenvalue weighted by atomic mass is 16.6. The maximum absolute atomic E-state index is 12.6. The molecule has 1 aliphatic heterocycles. The minimum Gasteiger partial charge on any atom is -0.444 e. The van der Waals surface area contributed by atoms with E-state index >= 15 is 0 Å². The molecule has 21 heavy (non-hydrogen) atoms. The van der Waals surface area contributed by atoms with E-state index in [0.29, 0.717) is 5.56 Å². The lowest BCUT2D eigenvalue weighted by atomic mass is 9.91. The van der Waals surface area contributed by atoms with Gasteiger partial charge in [0.15, 0.2) is 5.54 Å². The smallest absolute Gasteiger partial charge is 0.408 e. The average Bonchev–Trinajstić information content (AvgIpc) is 2.60. The van der Waals surface area contributed by atoms with E-state index in [2.05, 4.69) is 5.32 Å². The Labute approximate surface area is 124 Å². The SMILES string of the molecule is CN1C(=O)[C@](CN)(NC(=O)OC(C)(C)C)c2ccccc21. The molecule has 0 spiro atoms. The first-order valence-electron chi connectivity index (χ1n) is 6.80. The van der Waals surface area contributed by atoms with Crippen molar-refractivity contribution in [3.8, 4) is 0 Å². The molecule has 3 N–H and O–H groups in total. The molecule has 2 amide bonds. The second-order valence-corrected chi connectivity index (χ2v) is 6.12. The first-order valence-corrected chi connectivity index (χ1v) is 6.80. The number of hydrogen-bond acceptors (Lipinski definition) is 4. The van der Waals surface area contributed by atoms with Gasteiger partial charge in [-0.3, -0.25) is 4.79 Å². The summed E-state index contributed by atoms with van der Waals surface area (Å²) < 4.78 is 5.25. The summed E-state index contributed by atoms with van der Waals surface area (Å²) in [6.45, 7) is 5.25. The minimum absolute atomic E-state index is 0.0353. The zero-order chi connectivity index (χ0) is 15.8. The van der Waals surface area contributed by atoms with Crippen molar-refractivity contribution >= 4 is 17.7 Å². The molecule has 1 heterocycles. The number of para-hydroxylation sites is 1. The maximum Gasteiger partial charge on any atom is 0.408 e. The van der Waals surface area contributed by atoms with Crippen LogP contribution in [0.1, 0.15) is 26.3 Å². The average molecular weight is 291 g/mol. The summed E-state index contributed by atoms with van der Waals surface area (Å²) in [4.78, 5) is 26.2. The highest BCUT2D eigenvalue weighted by Crippen LogP contribution is 2.38. The number of nitrogens with two attached hydrogens (primary N) is 1. The van der Waals surface area contributed by atoms with Gasteiger partial charge in [-0.15, -0.1) is 0 Å². The summed E-state index contributed by atoms with van der Waals surface area (Å²) in [5.74, 6) is -0.267. The van der Waals surface area contributed by atoms with Crippen LogP contribution >= 0.6 is 0 Å². The molecule has 1 aliphatic rings. The summed E-state index contributed by atoms with van der Waals surface area (Å²) in [5, 5.41) is 2.66. The van der Waals surface area contributed by atoms with E-state index in [4.69, 9.17) is 10.5 Å². The number of nitrogens with zero attached hydrogens (tertiary/aromatic N) is 1. The Morgan fingerprint density at radius 3 is 2.57 bits per heavy atom. The number of nitrogens with one attached hydrogen (secondary N) is 1. The van der Waals surface area contributed by atoms with Crippen molar-refractivity contribution < 1.29 is 14.3 Å². The summed E-state index contributed by atoms with van der Waals surface area (Å²) in [7, 11) is 1.66. The van der Waals surface area contributed by atoms with Gasteiger partial charge >= 0.3 is 6.09 Å². The zero-order valence-corrected chi connectivity index (χ0v) is 12.8. The number of carbonyl (C=O) groups excluding carboxylic acids is 2. The Morgan fingerprint density at radius 1 is 1.38 bits per heavy atom. The molecule has 0 aliphatic carbocycles. The molecular formula is C15H21N3O3. The lowest BCUT2D eigenvalue weighted by Gasteiger charge is -2.29. The van der Waals surface area contributed by atoms with Crippen molar-refractivity contribution in [1.29, 1.82) is 0 Å². The third-order valence-corrected chi connectivity index (χ3v) is 3.42. The zero-order valence-electron chi connectivity index (χ0n) is 12.8. The van der Waals surface area contributed by atoms with E-state index in [1.807, 2.05) is 18.2 Å². The first kappa shape index (κ1) is 15.3. The van der Waals surface area contributed by atoms with Crippen molar-refractivity contribution in [3.63, 3.8) is 0 Å². The van der Waals surface area contributed by atoms with Gasteiger partial charge in [0.1, 0.15) is 5.60 Å². The van der Waals surface area contributed by atoms with Crippen molar-refractivity contribution in [1.82, 2.24) is 5.32 Å². The minimum atomic E-state index is -1.27. The van der Waals surface area contributed by atoms with Gasteiger partial charge in [-0.2, -0.15) is 0 Å². The summed E-state index contributed by atoms with van der Waals surface area (Å²) in [6, 6.07) is 7.26. The Morgan fingerprint density at radius 2 is 2.00 bits per heavy atom. The molecule has 0 aromatic heterocycles. The number of anilines is 1. The van der Waals surface area contributed by atoms with Crippen LogP contribution in [0.25, 0.3) is 0 Å². The molecule has 0 radical (unpaired) electrons. The lowest BCUT2D eigenvalue weighted by Crippen LogP contribution is -2.57. The summed E-state index contributed by atoms with van der Waals surface area (Å²) in [5.41, 5.74) is 5.34. The topological polar surface area (TPSA) is 84.7 Å². The van der Waals surface area contributed by atoms with Crippen molar-refractivity contribution in [3.05, 3.63) is 29.8 Å². The molecule has 2 rings (SSSR count). The molecule has 1 atom stereocenters. The van der Waals surface area contributed by atoms with Crippen molar-refractivity contribution in [2.75, 3.05) is 18.5 Å². The number of amides is 2. The molecule has 0 fully saturated rings. The van der Waals surface area contributed by atoms with Gasteiger partial charge in [0.2, 0.25) is 0 Å². The van der Waals surface area contributed by atoms with E-state index in [-0.39, 0.29) is 12.5 Å². The highest BCUT2D eigenvalue weighted by Gasteiger charge is 2.50. The fraction of sp³-hybridized carbons (Fsp3) is 0.467. The third kappa shape index (κ3) is 2.58. The van der Waals surface area contributed by atoms with Crippen LogP contribution < -0.4 is 16.0 Å². The van der Waals surface area contributed by atoms with Gasteiger partial charge in [-0.1, -0.05) is 18.2 Å². The first-order chi connectivity index (χ1) is 9.71. The monoisotopic (exact) mass is 291 g/mol. The van der Waals surface area contributed by atoms with Crippen LogP contribution in [0.4, 0.5) is 10.5 Å². The normalized spacial score (nSPS) is 21.2. The number of hydrogen-bond donors (Lipinski definition) is 2. The van der Waals surface area contributed by atoms with E-state index in [0.717, 1.165) is 5.69 Å². The standard InChI is InChI=1S/C15H21N3O3/c1-14(2,3)21-13(20)17-15(9-16)10-7-5-6-8-11(10)18(4)12(15)19/h5-8H,9,16H2,1-4H3,(H,17,20)/t15-/m1/s1. The number of fused-ring (bicyclic) bond motifs is 1. The molecule has 6 heteroatoms. The Hall–Kier alpha value is -2.08. The fourth-order valence-electron chi connectivity index (χ4n) is 2.48. The maximum atomic E-state index is 12.6. The van der Waals surface area contributed by atoms with Crippen molar-refractivity contribution in [2.24, 2.45) is 5.73 Å².